The highest BCUT2D eigenvalue weighted by atomic mass is 16.4. The number of amides is 2. The van der Waals surface area contributed by atoms with Gasteiger partial charge in [0.15, 0.2) is 0 Å². The van der Waals surface area contributed by atoms with Crippen LogP contribution in [-0.2, 0) is 21.5 Å². The summed E-state index contributed by atoms with van der Waals surface area (Å²) < 4.78 is 0. The standard InChI is InChI=1S/C23H28N2O4/c1-15(26)24-14-16-5-7-18(8-6-16)22(29)25-20(13-21(27)28)17-9-11-19(12-10-17)23(2,3)4/h5-12,20H,13-14H2,1-4H3,(H,24,26)(H,25,29)(H,27,28). The van der Waals surface area contributed by atoms with Gasteiger partial charge in [0.05, 0.1) is 12.5 Å². The molecular formula is C23H28N2O4. The largest absolute Gasteiger partial charge is 0.481 e. The zero-order valence-electron chi connectivity index (χ0n) is 17.3. The molecule has 0 fully saturated rings. The van der Waals surface area contributed by atoms with Crippen LogP contribution in [0.3, 0.4) is 0 Å². The summed E-state index contributed by atoms with van der Waals surface area (Å²) in [7, 11) is 0. The molecule has 0 radical (unpaired) electrons. The van der Waals surface area contributed by atoms with Crippen molar-refractivity contribution >= 4 is 17.8 Å². The van der Waals surface area contributed by atoms with Crippen molar-refractivity contribution in [2.24, 2.45) is 0 Å². The van der Waals surface area contributed by atoms with E-state index in [0.29, 0.717) is 12.1 Å². The van der Waals surface area contributed by atoms with Crippen LogP contribution in [0, 0.1) is 0 Å². The van der Waals surface area contributed by atoms with Crippen LogP contribution in [0.2, 0.25) is 0 Å². The smallest absolute Gasteiger partial charge is 0.305 e. The van der Waals surface area contributed by atoms with E-state index in [1.165, 1.54) is 6.92 Å². The first-order valence-electron chi connectivity index (χ1n) is 9.52. The van der Waals surface area contributed by atoms with Gasteiger partial charge in [0.25, 0.3) is 5.91 Å². The molecule has 29 heavy (non-hydrogen) atoms. The normalized spacial score (nSPS) is 12.1. The minimum absolute atomic E-state index is 0.0108. The van der Waals surface area contributed by atoms with Crippen LogP contribution in [0.1, 0.15) is 67.2 Å². The zero-order chi connectivity index (χ0) is 21.6. The van der Waals surface area contributed by atoms with Crippen molar-refractivity contribution in [3.8, 4) is 0 Å². The highest BCUT2D eigenvalue weighted by molar-refractivity contribution is 5.94. The molecule has 0 aliphatic heterocycles. The maximum Gasteiger partial charge on any atom is 0.305 e. The summed E-state index contributed by atoms with van der Waals surface area (Å²) in [6.07, 6.45) is -0.207. The molecule has 2 amide bonds. The molecular weight excluding hydrogens is 368 g/mol. The number of nitrogens with one attached hydrogen (secondary N) is 2. The predicted octanol–water partition coefficient (Wildman–Crippen LogP) is 3.57. The minimum Gasteiger partial charge on any atom is -0.481 e. The third kappa shape index (κ3) is 6.75. The third-order valence-electron chi connectivity index (χ3n) is 4.62. The number of carboxylic acids is 1. The van der Waals surface area contributed by atoms with E-state index in [4.69, 9.17) is 0 Å². The highest BCUT2D eigenvalue weighted by Crippen LogP contribution is 2.25. The van der Waals surface area contributed by atoms with Crippen molar-refractivity contribution in [3.05, 3.63) is 70.8 Å². The summed E-state index contributed by atoms with van der Waals surface area (Å²) in [4.78, 5) is 34.9. The molecule has 154 valence electrons. The maximum atomic E-state index is 12.6. The first-order chi connectivity index (χ1) is 13.6. The fourth-order valence-corrected chi connectivity index (χ4v) is 2.88. The topological polar surface area (TPSA) is 95.5 Å². The highest BCUT2D eigenvalue weighted by Gasteiger charge is 2.20. The van der Waals surface area contributed by atoms with Crippen molar-refractivity contribution in [3.63, 3.8) is 0 Å². The van der Waals surface area contributed by atoms with Gasteiger partial charge in [-0.3, -0.25) is 14.4 Å². The summed E-state index contributed by atoms with van der Waals surface area (Å²) >= 11 is 0. The summed E-state index contributed by atoms with van der Waals surface area (Å²) in [5, 5.41) is 14.8. The average molecular weight is 396 g/mol. The lowest BCUT2D eigenvalue weighted by Crippen LogP contribution is -2.30. The molecule has 0 spiro atoms. The number of aliphatic carboxylic acids is 1. The predicted molar refractivity (Wildman–Crippen MR) is 112 cm³/mol. The van der Waals surface area contributed by atoms with E-state index in [1.807, 2.05) is 24.3 Å². The molecule has 1 atom stereocenters. The third-order valence-corrected chi connectivity index (χ3v) is 4.62. The van der Waals surface area contributed by atoms with Crippen LogP contribution >= 0.6 is 0 Å². The van der Waals surface area contributed by atoms with Gasteiger partial charge in [-0.1, -0.05) is 57.2 Å². The van der Waals surface area contributed by atoms with E-state index in [-0.39, 0.29) is 23.7 Å². The van der Waals surface area contributed by atoms with Gasteiger partial charge < -0.3 is 15.7 Å². The molecule has 0 saturated heterocycles. The Bertz CT molecular complexity index is 865. The second-order valence-electron chi connectivity index (χ2n) is 8.10. The zero-order valence-corrected chi connectivity index (χ0v) is 17.3. The Hall–Kier alpha value is -3.15. The molecule has 0 aliphatic carbocycles. The Labute approximate surface area is 171 Å². The number of hydrogen-bond acceptors (Lipinski definition) is 3. The average Bonchev–Trinajstić information content (AvgIpc) is 2.65. The Kier molecular flexibility index (Phi) is 7.15. The SMILES string of the molecule is CC(=O)NCc1ccc(C(=O)NC(CC(=O)O)c2ccc(C(C)(C)C)cc2)cc1. The van der Waals surface area contributed by atoms with Crippen LogP contribution in [-0.4, -0.2) is 22.9 Å². The number of carbonyl (C=O) groups is 3. The lowest BCUT2D eigenvalue weighted by molar-refractivity contribution is -0.137. The molecule has 0 aliphatic rings. The van der Waals surface area contributed by atoms with E-state index in [9.17, 15) is 19.5 Å². The van der Waals surface area contributed by atoms with E-state index >= 15 is 0 Å². The van der Waals surface area contributed by atoms with Crippen LogP contribution in [0.4, 0.5) is 0 Å². The molecule has 0 bridgehead atoms. The lowest BCUT2D eigenvalue weighted by atomic mass is 9.86. The van der Waals surface area contributed by atoms with Crippen molar-refractivity contribution < 1.29 is 19.5 Å². The Morgan fingerprint density at radius 3 is 2.03 bits per heavy atom. The van der Waals surface area contributed by atoms with E-state index in [2.05, 4.69) is 31.4 Å². The van der Waals surface area contributed by atoms with Gasteiger partial charge in [-0.25, -0.2) is 0 Å². The fourth-order valence-electron chi connectivity index (χ4n) is 2.88. The molecule has 2 aromatic carbocycles. The molecule has 6 heteroatoms. The first-order valence-corrected chi connectivity index (χ1v) is 9.52. The van der Waals surface area contributed by atoms with Crippen molar-refractivity contribution in [1.82, 2.24) is 10.6 Å². The summed E-state index contributed by atoms with van der Waals surface area (Å²) in [5.41, 5.74) is 3.17. The summed E-state index contributed by atoms with van der Waals surface area (Å²) in [5.74, 6) is -1.45. The Morgan fingerprint density at radius 2 is 1.55 bits per heavy atom. The van der Waals surface area contributed by atoms with Crippen molar-refractivity contribution in [2.75, 3.05) is 0 Å². The molecule has 2 rings (SSSR count). The molecule has 6 nitrogen and oxygen atoms in total. The molecule has 1 unspecified atom stereocenters. The van der Waals surface area contributed by atoms with Gasteiger partial charge in [0.1, 0.15) is 0 Å². The molecule has 3 N–H and O–H groups in total. The van der Waals surface area contributed by atoms with Crippen molar-refractivity contribution in [1.29, 1.82) is 0 Å². The number of benzene rings is 2. The van der Waals surface area contributed by atoms with Crippen LogP contribution in [0.25, 0.3) is 0 Å². The molecule has 0 saturated carbocycles. The summed E-state index contributed by atoms with van der Waals surface area (Å²) in [6, 6.07) is 13.9. The van der Waals surface area contributed by atoms with Gasteiger partial charge in [-0.2, -0.15) is 0 Å². The van der Waals surface area contributed by atoms with Gasteiger partial charge in [0, 0.05) is 19.0 Å². The second kappa shape index (κ2) is 9.37. The number of carbonyl (C=O) groups excluding carboxylic acids is 2. The van der Waals surface area contributed by atoms with Crippen molar-refractivity contribution in [2.45, 2.75) is 52.1 Å². The van der Waals surface area contributed by atoms with Gasteiger partial charge in [-0.05, 0) is 34.2 Å². The Morgan fingerprint density at radius 1 is 0.966 bits per heavy atom. The molecule has 0 aromatic heterocycles. The van der Waals surface area contributed by atoms with E-state index in [0.717, 1.165) is 16.7 Å². The van der Waals surface area contributed by atoms with Crippen LogP contribution in [0.15, 0.2) is 48.5 Å². The summed E-state index contributed by atoms with van der Waals surface area (Å²) in [6.45, 7) is 8.15. The Balaban J connectivity index is 2.14. The number of rotatable bonds is 7. The maximum absolute atomic E-state index is 12.6. The molecule has 0 heterocycles. The number of carboxylic acid groups (broad SMARTS) is 1. The van der Waals surface area contributed by atoms with Gasteiger partial charge >= 0.3 is 5.97 Å². The monoisotopic (exact) mass is 396 g/mol. The quantitative estimate of drug-likeness (QED) is 0.667. The van der Waals surface area contributed by atoms with Crippen LogP contribution in [0.5, 0.6) is 0 Å². The first kappa shape index (κ1) is 22.1. The van der Waals surface area contributed by atoms with E-state index < -0.39 is 12.0 Å². The van der Waals surface area contributed by atoms with Gasteiger partial charge in [-0.15, -0.1) is 0 Å². The lowest BCUT2D eigenvalue weighted by Gasteiger charge is -2.22. The second-order valence-corrected chi connectivity index (χ2v) is 8.10. The van der Waals surface area contributed by atoms with E-state index in [1.54, 1.807) is 24.3 Å². The fraction of sp³-hybridized carbons (Fsp3) is 0.348. The minimum atomic E-state index is -0.985. The van der Waals surface area contributed by atoms with Gasteiger partial charge in [0.2, 0.25) is 5.91 Å². The van der Waals surface area contributed by atoms with Crippen LogP contribution < -0.4 is 10.6 Å². The number of hydrogen-bond donors (Lipinski definition) is 3. The molecule has 2 aromatic rings.